The Morgan fingerprint density at radius 3 is 2.86 bits per heavy atom. The molecule has 2 aromatic rings. The van der Waals surface area contributed by atoms with E-state index in [-0.39, 0.29) is 18.0 Å². The molecule has 1 aromatic carbocycles. The maximum atomic E-state index is 12.5. The summed E-state index contributed by atoms with van der Waals surface area (Å²) in [5.41, 5.74) is -0.200. The number of fused-ring (bicyclic) bond motifs is 1. The lowest BCUT2D eigenvalue weighted by molar-refractivity contribution is -0.132. The Kier molecular flexibility index (Phi) is 4.22. The Balaban J connectivity index is 1.80. The monoisotopic (exact) mass is 299 g/mol. The molecule has 22 heavy (non-hydrogen) atoms. The molecule has 0 N–H and O–H groups in total. The molecule has 1 aliphatic rings. The van der Waals surface area contributed by atoms with Gasteiger partial charge in [0.2, 0.25) is 5.91 Å². The van der Waals surface area contributed by atoms with E-state index in [0.29, 0.717) is 11.3 Å². The van der Waals surface area contributed by atoms with Crippen molar-refractivity contribution >= 4 is 16.7 Å². The van der Waals surface area contributed by atoms with Gasteiger partial charge in [-0.1, -0.05) is 25.1 Å². The van der Waals surface area contributed by atoms with Crippen molar-refractivity contribution in [3.63, 3.8) is 0 Å². The van der Waals surface area contributed by atoms with Crippen molar-refractivity contribution in [2.45, 2.75) is 32.7 Å². The van der Waals surface area contributed by atoms with Gasteiger partial charge in [-0.2, -0.15) is 5.10 Å². The van der Waals surface area contributed by atoms with E-state index >= 15 is 0 Å². The highest BCUT2D eigenvalue weighted by molar-refractivity contribution is 5.81. The normalized spacial score (nSPS) is 14.2. The summed E-state index contributed by atoms with van der Waals surface area (Å²) in [6, 6.07) is 7.32. The van der Waals surface area contributed by atoms with Gasteiger partial charge in [0.25, 0.3) is 5.56 Å². The topological polar surface area (TPSA) is 55.2 Å². The fraction of sp³-hybridized carbons (Fsp3) is 0.471. The summed E-state index contributed by atoms with van der Waals surface area (Å²) in [6.07, 6.45) is 5.00. The smallest absolute Gasteiger partial charge is 0.275 e. The largest absolute Gasteiger partial charge is 0.341 e. The van der Waals surface area contributed by atoms with E-state index in [9.17, 15) is 9.59 Å². The Morgan fingerprint density at radius 1 is 1.36 bits per heavy atom. The maximum Gasteiger partial charge on any atom is 0.275 e. The molecule has 1 aromatic heterocycles. The van der Waals surface area contributed by atoms with Crippen LogP contribution < -0.4 is 5.56 Å². The molecule has 0 radical (unpaired) electrons. The van der Waals surface area contributed by atoms with Crippen molar-refractivity contribution in [1.82, 2.24) is 14.7 Å². The highest BCUT2D eigenvalue weighted by Gasteiger charge is 2.26. The van der Waals surface area contributed by atoms with Gasteiger partial charge in [-0.25, -0.2) is 4.68 Å². The van der Waals surface area contributed by atoms with Crippen LogP contribution in [0.2, 0.25) is 0 Å². The van der Waals surface area contributed by atoms with Crippen molar-refractivity contribution in [2.75, 3.05) is 13.1 Å². The molecule has 5 nitrogen and oxygen atoms in total. The molecular weight excluding hydrogens is 278 g/mol. The highest BCUT2D eigenvalue weighted by atomic mass is 16.2. The lowest BCUT2D eigenvalue weighted by atomic mass is 10.2. The Bertz CT molecular complexity index is 734. The first-order valence-corrected chi connectivity index (χ1v) is 7.91. The van der Waals surface area contributed by atoms with Gasteiger partial charge in [0.05, 0.1) is 11.6 Å². The average molecular weight is 299 g/mol. The van der Waals surface area contributed by atoms with Crippen LogP contribution in [-0.4, -0.2) is 33.7 Å². The van der Waals surface area contributed by atoms with Gasteiger partial charge in [-0.15, -0.1) is 0 Å². The number of amides is 1. The molecule has 0 unspecified atom stereocenters. The van der Waals surface area contributed by atoms with Crippen LogP contribution in [0, 0.1) is 5.92 Å². The van der Waals surface area contributed by atoms with Crippen LogP contribution in [0.4, 0.5) is 0 Å². The van der Waals surface area contributed by atoms with Crippen LogP contribution in [0.25, 0.3) is 10.8 Å². The number of hydrogen-bond acceptors (Lipinski definition) is 3. The van der Waals surface area contributed by atoms with Crippen LogP contribution in [-0.2, 0) is 11.3 Å². The molecule has 1 fully saturated rings. The van der Waals surface area contributed by atoms with Crippen molar-refractivity contribution in [1.29, 1.82) is 0 Å². The minimum absolute atomic E-state index is 0.0152. The zero-order chi connectivity index (χ0) is 15.5. The first kappa shape index (κ1) is 14.8. The summed E-state index contributed by atoms with van der Waals surface area (Å²) in [4.78, 5) is 26.8. The zero-order valence-electron chi connectivity index (χ0n) is 12.9. The number of nitrogens with zero attached hydrogens (tertiary/aromatic N) is 3. The van der Waals surface area contributed by atoms with Gasteiger partial charge in [-0.05, 0) is 31.2 Å². The quantitative estimate of drug-likeness (QED) is 0.820. The summed E-state index contributed by atoms with van der Waals surface area (Å²) in [7, 11) is 0. The van der Waals surface area contributed by atoms with Gasteiger partial charge >= 0.3 is 0 Å². The Morgan fingerprint density at radius 2 is 2.14 bits per heavy atom. The lowest BCUT2D eigenvalue weighted by Gasteiger charge is -2.22. The second-order valence-corrected chi connectivity index (χ2v) is 5.98. The predicted molar refractivity (Wildman–Crippen MR) is 85.6 cm³/mol. The van der Waals surface area contributed by atoms with Crippen LogP contribution in [0.3, 0.4) is 0 Å². The molecule has 1 amide bonds. The Labute approximate surface area is 129 Å². The zero-order valence-corrected chi connectivity index (χ0v) is 12.9. The summed E-state index contributed by atoms with van der Waals surface area (Å²) >= 11 is 0. The molecule has 1 aliphatic carbocycles. The van der Waals surface area contributed by atoms with E-state index in [1.165, 1.54) is 17.5 Å². The Hall–Kier alpha value is -2.17. The molecule has 0 atom stereocenters. The molecule has 116 valence electrons. The van der Waals surface area contributed by atoms with Crippen molar-refractivity contribution in [3.8, 4) is 0 Å². The number of aromatic nitrogens is 2. The van der Waals surface area contributed by atoms with E-state index in [2.05, 4.69) is 12.0 Å². The summed E-state index contributed by atoms with van der Waals surface area (Å²) < 4.78 is 1.28. The summed E-state index contributed by atoms with van der Waals surface area (Å²) in [5, 5.41) is 5.55. The minimum Gasteiger partial charge on any atom is -0.341 e. The van der Waals surface area contributed by atoms with E-state index < -0.39 is 0 Å². The maximum absolute atomic E-state index is 12.5. The highest BCUT2D eigenvalue weighted by Crippen LogP contribution is 2.29. The lowest BCUT2D eigenvalue weighted by Crippen LogP contribution is -2.39. The standard InChI is InChI=1S/C17H21N3O2/c1-2-9-19(11-13-7-8-13)16(21)12-20-17(22)15-6-4-3-5-14(15)10-18-20/h3-6,10,13H,2,7-9,11-12H2,1H3. The fourth-order valence-electron chi connectivity index (χ4n) is 2.67. The number of rotatable bonds is 6. The molecule has 0 bridgehead atoms. The molecule has 5 heteroatoms. The van der Waals surface area contributed by atoms with Gasteiger partial charge in [-0.3, -0.25) is 9.59 Å². The SMILES string of the molecule is CCCN(CC1CC1)C(=O)Cn1ncc2ccccc2c1=O. The molecule has 3 rings (SSSR count). The van der Waals surface area contributed by atoms with E-state index in [0.717, 1.165) is 24.9 Å². The summed E-state index contributed by atoms with van der Waals surface area (Å²) in [6.45, 7) is 3.65. The first-order valence-electron chi connectivity index (χ1n) is 7.91. The number of benzene rings is 1. The van der Waals surface area contributed by atoms with Crippen LogP contribution in [0.5, 0.6) is 0 Å². The predicted octanol–water partition coefficient (Wildman–Crippen LogP) is 2.05. The molecule has 1 heterocycles. The second-order valence-electron chi connectivity index (χ2n) is 5.98. The van der Waals surface area contributed by atoms with Crippen LogP contribution >= 0.6 is 0 Å². The summed E-state index contributed by atoms with van der Waals surface area (Å²) in [5.74, 6) is 0.635. The molecule has 0 saturated heterocycles. The van der Waals surface area contributed by atoms with E-state index in [1.807, 2.05) is 23.1 Å². The minimum atomic E-state index is -0.200. The fourth-order valence-corrected chi connectivity index (χ4v) is 2.67. The van der Waals surface area contributed by atoms with E-state index in [4.69, 9.17) is 0 Å². The molecule has 0 aliphatic heterocycles. The van der Waals surface area contributed by atoms with Crippen molar-refractivity contribution in [2.24, 2.45) is 5.92 Å². The number of carbonyl (C=O) groups is 1. The van der Waals surface area contributed by atoms with Gasteiger partial charge < -0.3 is 4.90 Å². The van der Waals surface area contributed by atoms with Gasteiger partial charge in [0.1, 0.15) is 6.54 Å². The average Bonchev–Trinajstić information content (AvgIpc) is 3.34. The molecular formula is C17H21N3O2. The van der Waals surface area contributed by atoms with Crippen LogP contribution in [0.15, 0.2) is 35.3 Å². The number of carbonyl (C=O) groups excluding carboxylic acids is 1. The van der Waals surface area contributed by atoms with E-state index in [1.54, 1.807) is 12.3 Å². The van der Waals surface area contributed by atoms with Gasteiger partial charge in [0.15, 0.2) is 0 Å². The van der Waals surface area contributed by atoms with Crippen LogP contribution in [0.1, 0.15) is 26.2 Å². The third-order valence-corrected chi connectivity index (χ3v) is 4.07. The first-order chi connectivity index (χ1) is 10.7. The second kappa shape index (κ2) is 6.30. The molecule has 0 spiro atoms. The molecule has 1 saturated carbocycles. The van der Waals surface area contributed by atoms with Crippen molar-refractivity contribution in [3.05, 3.63) is 40.8 Å². The third-order valence-electron chi connectivity index (χ3n) is 4.07. The van der Waals surface area contributed by atoms with Crippen molar-refractivity contribution < 1.29 is 4.79 Å². The van der Waals surface area contributed by atoms with Gasteiger partial charge in [0, 0.05) is 18.5 Å². The number of hydrogen-bond donors (Lipinski definition) is 0. The third kappa shape index (κ3) is 3.18.